The normalized spacial score (nSPS) is 13.1. The molecule has 0 spiro atoms. The lowest BCUT2D eigenvalue weighted by Crippen LogP contribution is -2.14. The summed E-state index contributed by atoms with van der Waals surface area (Å²) in [5.41, 5.74) is 15.2. The van der Waals surface area contributed by atoms with Crippen LogP contribution in [0.25, 0.3) is 106 Å². The topological polar surface area (TPSA) is 56.7 Å². The Kier molecular flexibility index (Phi) is 7.20. The maximum atomic E-state index is 6.75. The van der Waals surface area contributed by atoms with Crippen LogP contribution in [-0.2, 0) is 5.41 Å². The van der Waals surface area contributed by atoms with Gasteiger partial charge in [0.1, 0.15) is 11.2 Å². The van der Waals surface area contributed by atoms with Crippen molar-refractivity contribution in [2.75, 3.05) is 0 Å². The molecule has 0 saturated carbocycles. The van der Waals surface area contributed by atoms with Gasteiger partial charge in [0, 0.05) is 44.0 Å². The summed E-state index contributed by atoms with van der Waals surface area (Å²) in [5, 5.41) is 4.51. The summed E-state index contributed by atoms with van der Waals surface area (Å²) in [6.07, 6.45) is 0. The highest BCUT2D eigenvalue weighted by Crippen LogP contribution is 2.52. The first kappa shape index (κ1) is 33.5. The molecule has 3 aromatic heterocycles. The van der Waals surface area contributed by atoms with Crippen LogP contribution in [0.4, 0.5) is 0 Å². The molecule has 278 valence electrons. The number of aromatic nitrogens is 4. The van der Waals surface area contributed by atoms with Crippen LogP contribution in [0, 0.1) is 0 Å². The molecule has 0 saturated heterocycles. The maximum absolute atomic E-state index is 6.75. The van der Waals surface area contributed by atoms with Crippen molar-refractivity contribution < 1.29 is 4.42 Å². The number of nitrogens with zero attached hydrogens (tertiary/aromatic N) is 4. The van der Waals surface area contributed by atoms with Crippen molar-refractivity contribution in [2.24, 2.45) is 0 Å². The molecule has 5 nitrogen and oxygen atoms in total. The van der Waals surface area contributed by atoms with Gasteiger partial charge in [-0.25, -0.2) is 15.0 Å². The molecule has 0 N–H and O–H groups in total. The Bertz CT molecular complexity index is 3450. The van der Waals surface area contributed by atoms with Crippen molar-refractivity contribution >= 4 is 43.7 Å². The van der Waals surface area contributed by atoms with Crippen molar-refractivity contribution in [3.63, 3.8) is 0 Å². The molecule has 12 rings (SSSR count). The predicted octanol–water partition coefficient (Wildman–Crippen LogP) is 13.8. The first-order valence-corrected chi connectivity index (χ1v) is 20.1. The van der Waals surface area contributed by atoms with Crippen LogP contribution >= 0.6 is 0 Å². The van der Waals surface area contributed by atoms with Gasteiger partial charge in [-0.2, -0.15) is 0 Å². The van der Waals surface area contributed by atoms with Gasteiger partial charge in [-0.15, -0.1) is 0 Å². The highest BCUT2D eigenvalue weighted by molar-refractivity contribution is 6.24. The van der Waals surface area contributed by atoms with Gasteiger partial charge in [-0.1, -0.05) is 153 Å². The van der Waals surface area contributed by atoms with Crippen LogP contribution in [-0.4, -0.2) is 19.5 Å². The minimum Gasteiger partial charge on any atom is -0.455 e. The molecule has 0 radical (unpaired) electrons. The van der Waals surface area contributed by atoms with Gasteiger partial charge in [-0.05, 0) is 75.8 Å². The third-order valence-corrected chi connectivity index (χ3v) is 12.3. The van der Waals surface area contributed by atoms with Crippen LogP contribution in [0.3, 0.4) is 0 Å². The first-order valence-electron chi connectivity index (χ1n) is 20.1. The molecule has 0 amide bonds. The van der Waals surface area contributed by atoms with Gasteiger partial charge >= 0.3 is 0 Å². The molecular weight excluding hydrogens is 721 g/mol. The maximum Gasteiger partial charge on any atom is 0.164 e. The standard InChI is InChI=1S/C54H36N4O/c1-54(2)44-22-11-9-20-39(44)42-31-43-47(32-45(42)54)58(46-29-28-41-40-21-10-12-23-48(40)59-50(41)49(43)46)38-19-13-18-37(30-38)53-56-51(35-16-7-4-8-17-35)55-52(57-53)36-26-24-34(25-27-36)33-14-5-3-6-15-33/h3-32H,1-2H3. The van der Waals surface area contributed by atoms with Crippen LogP contribution in [0.1, 0.15) is 25.0 Å². The number of hydrogen-bond donors (Lipinski definition) is 0. The van der Waals surface area contributed by atoms with Gasteiger partial charge in [0.2, 0.25) is 0 Å². The Labute approximate surface area is 340 Å². The zero-order valence-corrected chi connectivity index (χ0v) is 32.5. The molecule has 1 aliphatic carbocycles. The van der Waals surface area contributed by atoms with Crippen molar-refractivity contribution in [1.82, 2.24) is 19.5 Å². The second kappa shape index (κ2) is 12.7. The number of rotatable bonds is 5. The summed E-state index contributed by atoms with van der Waals surface area (Å²) in [6, 6.07) is 64.1. The van der Waals surface area contributed by atoms with Crippen LogP contribution in [0.2, 0.25) is 0 Å². The van der Waals surface area contributed by atoms with E-state index in [9.17, 15) is 0 Å². The highest BCUT2D eigenvalue weighted by Gasteiger charge is 2.36. The van der Waals surface area contributed by atoms with E-state index < -0.39 is 0 Å². The van der Waals surface area contributed by atoms with Gasteiger partial charge < -0.3 is 8.98 Å². The SMILES string of the molecule is CC1(C)c2ccccc2-c2cc3c4c5oc6ccccc6c5ccc4n(-c4cccc(-c5nc(-c6ccccc6)nc(-c6ccc(-c7ccccc7)cc6)n5)c4)c3cc21. The summed E-state index contributed by atoms with van der Waals surface area (Å²) in [4.78, 5) is 15.3. The molecule has 11 aromatic rings. The number of fused-ring (bicyclic) bond motifs is 10. The van der Waals surface area contributed by atoms with Crippen molar-refractivity contribution in [1.29, 1.82) is 0 Å². The molecule has 0 unspecified atom stereocenters. The van der Waals surface area contributed by atoms with E-state index in [2.05, 4.69) is 158 Å². The Morgan fingerprint density at radius 1 is 0.424 bits per heavy atom. The fourth-order valence-corrected chi connectivity index (χ4v) is 9.33. The van der Waals surface area contributed by atoms with Gasteiger partial charge in [0.05, 0.1) is 16.4 Å². The third kappa shape index (κ3) is 5.14. The van der Waals surface area contributed by atoms with Gasteiger partial charge in [0.25, 0.3) is 0 Å². The smallest absolute Gasteiger partial charge is 0.164 e. The van der Waals surface area contributed by atoms with Crippen molar-refractivity contribution in [3.8, 4) is 62.1 Å². The zero-order valence-electron chi connectivity index (χ0n) is 32.5. The molecule has 59 heavy (non-hydrogen) atoms. The molecular formula is C54H36N4O. The zero-order chi connectivity index (χ0) is 39.2. The summed E-state index contributed by atoms with van der Waals surface area (Å²) in [5.74, 6) is 1.87. The highest BCUT2D eigenvalue weighted by atomic mass is 16.3. The Hall–Kier alpha value is -7.63. The van der Waals surface area contributed by atoms with Crippen LogP contribution < -0.4 is 0 Å². The lowest BCUT2D eigenvalue weighted by Gasteiger charge is -2.21. The molecule has 3 heterocycles. The molecule has 0 atom stereocenters. The quantitative estimate of drug-likeness (QED) is 0.175. The van der Waals surface area contributed by atoms with Gasteiger partial charge in [0.15, 0.2) is 17.5 Å². The van der Waals surface area contributed by atoms with Crippen LogP contribution in [0.15, 0.2) is 186 Å². The Balaban J connectivity index is 1.08. The molecule has 1 aliphatic rings. The second-order valence-electron chi connectivity index (χ2n) is 16.0. The van der Waals surface area contributed by atoms with E-state index in [1.807, 2.05) is 42.5 Å². The molecule has 8 aromatic carbocycles. The minimum atomic E-state index is -0.160. The number of para-hydroxylation sites is 1. The monoisotopic (exact) mass is 756 g/mol. The van der Waals surface area contributed by atoms with Gasteiger partial charge in [-0.3, -0.25) is 0 Å². The number of benzene rings is 8. The first-order chi connectivity index (χ1) is 29.0. The third-order valence-electron chi connectivity index (χ3n) is 12.3. The number of hydrogen-bond acceptors (Lipinski definition) is 4. The molecule has 0 aliphatic heterocycles. The van der Waals surface area contributed by atoms with E-state index in [0.29, 0.717) is 17.5 Å². The average molecular weight is 757 g/mol. The van der Waals surface area contributed by atoms with E-state index in [-0.39, 0.29) is 5.41 Å². The predicted molar refractivity (Wildman–Crippen MR) is 241 cm³/mol. The van der Waals surface area contributed by atoms with Crippen molar-refractivity contribution in [2.45, 2.75) is 19.3 Å². The Morgan fingerprint density at radius 3 is 1.81 bits per heavy atom. The minimum absolute atomic E-state index is 0.160. The molecule has 0 bridgehead atoms. The van der Waals surface area contributed by atoms with E-state index in [1.54, 1.807) is 0 Å². The summed E-state index contributed by atoms with van der Waals surface area (Å²) in [6.45, 7) is 4.68. The fourth-order valence-electron chi connectivity index (χ4n) is 9.33. The average Bonchev–Trinajstić information content (AvgIpc) is 3.91. The largest absolute Gasteiger partial charge is 0.455 e. The van der Waals surface area contributed by atoms with E-state index in [4.69, 9.17) is 19.4 Å². The fraction of sp³-hybridized carbons (Fsp3) is 0.0556. The van der Waals surface area contributed by atoms with Crippen molar-refractivity contribution in [3.05, 3.63) is 193 Å². The lowest BCUT2D eigenvalue weighted by molar-refractivity contribution is 0.661. The van der Waals surface area contributed by atoms with Crippen LogP contribution in [0.5, 0.6) is 0 Å². The number of furan rings is 1. The summed E-state index contributed by atoms with van der Waals surface area (Å²) < 4.78 is 9.14. The second-order valence-corrected chi connectivity index (χ2v) is 16.0. The van der Waals surface area contributed by atoms with E-state index in [0.717, 1.165) is 71.7 Å². The lowest BCUT2D eigenvalue weighted by atomic mass is 9.82. The molecule has 0 fully saturated rings. The molecule has 5 heteroatoms. The van der Waals surface area contributed by atoms with E-state index in [1.165, 1.54) is 27.8 Å². The Morgan fingerprint density at radius 2 is 1.03 bits per heavy atom. The van der Waals surface area contributed by atoms with E-state index >= 15 is 0 Å². The summed E-state index contributed by atoms with van der Waals surface area (Å²) in [7, 11) is 0. The summed E-state index contributed by atoms with van der Waals surface area (Å²) >= 11 is 0.